The molecule has 0 spiro atoms. The van der Waals surface area contributed by atoms with Crippen molar-refractivity contribution in [3.05, 3.63) is 123 Å². The first-order valence-electron chi connectivity index (χ1n) is 12.1. The topological polar surface area (TPSA) is 39.8 Å². The van der Waals surface area contributed by atoms with E-state index in [0.717, 1.165) is 23.4 Å². The Kier molecular flexibility index (Phi) is 19.7. The smallest absolute Gasteiger partial charge is 0 e. The van der Waals surface area contributed by atoms with Crippen molar-refractivity contribution in [2.45, 2.75) is 45.7 Å². The molecule has 2 aliphatic rings. The Balaban J connectivity index is 0.000000794. The normalized spacial score (nSPS) is 23.2. The standard InChI is InChI=1S/C22H29P.C8H8.2CO.Fe/c1-17(2)21-15-14-18(3)16-22(21)23(19-10-6-4-7-11-19)20-12-8-5-9-13-20;1-2-4-6-8-7-5-3-1;2*1-2;/h4-13,17-18,21-22H,14-16H2,1-3H3;1-8H;;;/b;2-1-,3-1?,4-2?,5-3-,6-4-,7-5?,8-6?,8-7-;;;/t18-,21-,22+;;;;/m1..../s1. The van der Waals surface area contributed by atoms with E-state index in [4.69, 9.17) is 9.30 Å². The second-order valence-corrected chi connectivity index (χ2v) is 11.4. The van der Waals surface area contributed by atoms with Crippen LogP contribution >= 0.6 is 7.92 Å². The second-order valence-electron chi connectivity index (χ2n) is 8.97. The molecule has 0 saturated heterocycles. The van der Waals surface area contributed by atoms with E-state index in [9.17, 15) is 0 Å². The minimum absolute atomic E-state index is 0. The average molecular weight is 540 g/mol. The molecule has 1 saturated carbocycles. The number of rotatable bonds is 4. The zero-order chi connectivity index (χ0) is 25.9. The SMILES string of the molecule is C1=C\C=C/C=C\C=C/1.CC(C)[C@H]1CC[C@@H](C)C[C@@H]1P(c1ccccc1)c1ccccc1.[C-]#[O+].[C-]#[O+].[Fe]. The van der Waals surface area contributed by atoms with Gasteiger partial charge in [-0.25, -0.2) is 0 Å². The first-order valence-corrected chi connectivity index (χ1v) is 13.5. The summed E-state index contributed by atoms with van der Waals surface area (Å²) in [6.45, 7) is 16.3. The quantitative estimate of drug-likeness (QED) is 0.165. The maximum absolute atomic E-state index is 7.50. The van der Waals surface area contributed by atoms with E-state index < -0.39 is 0 Å². The molecule has 2 aromatic rings. The third kappa shape index (κ3) is 11.7. The molecule has 0 aromatic heterocycles. The summed E-state index contributed by atoms with van der Waals surface area (Å²) in [4.78, 5) is 0. The van der Waals surface area contributed by atoms with E-state index in [0.29, 0.717) is 0 Å². The van der Waals surface area contributed by atoms with Crippen LogP contribution in [-0.4, -0.2) is 5.66 Å². The van der Waals surface area contributed by atoms with Gasteiger partial charge in [0, 0.05) is 17.1 Å². The zero-order valence-electron chi connectivity index (χ0n) is 21.4. The molecule has 2 aliphatic carbocycles. The van der Waals surface area contributed by atoms with Crippen molar-refractivity contribution in [2.75, 3.05) is 0 Å². The Morgan fingerprint density at radius 3 is 1.36 bits per heavy atom. The summed E-state index contributed by atoms with van der Waals surface area (Å²) in [6, 6.07) is 22.6. The Labute approximate surface area is 230 Å². The average Bonchev–Trinajstić information content (AvgIpc) is 2.88. The van der Waals surface area contributed by atoms with Crippen LogP contribution in [0.4, 0.5) is 0 Å². The van der Waals surface area contributed by atoms with Crippen molar-refractivity contribution in [3.8, 4) is 0 Å². The molecule has 0 heterocycles. The van der Waals surface area contributed by atoms with Crippen molar-refractivity contribution >= 4 is 18.5 Å². The van der Waals surface area contributed by atoms with E-state index in [1.165, 1.54) is 19.3 Å². The summed E-state index contributed by atoms with van der Waals surface area (Å²) in [5.41, 5.74) is 0.818. The summed E-state index contributed by atoms with van der Waals surface area (Å²) < 4.78 is 15.0. The molecule has 4 rings (SSSR count). The van der Waals surface area contributed by atoms with Crippen molar-refractivity contribution in [3.63, 3.8) is 0 Å². The summed E-state index contributed by atoms with van der Waals surface area (Å²) in [6.07, 6.45) is 20.2. The minimum atomic E-state index is -0.267. The van der Waals surface area contributed by atoms with Crippen LogP contribution in [0.1, 0.15) is 40.0 Å². The van der Waals surface area contributed by atoms with Crippen LogP contribution in [0.3, 0.4) is 0 Å². The molecule has 0 bridgehead atoms. The summed E-state index contributed by atoms with van der Waals surface area (Å²) >= 11 is 0. The number of hydrogen-bond donors (Lipinski definition) is 0. The van der Waals surface area contributed by atoms with Gasteiger partial charge in [0.1, 0.15) is 0 Å². The molecule has 36 heavy (non-hydrogen) atoms. The third-order valence-electron chi connectivity index (χ3n) is 6.28. The van der Waals surface area contributed by atoms with Crippen LogP contribution in [0.15, 0.2) is 109 Å². The van der Waals surface area contributed by atoms with E-state index in [1.807, 2.05) is 48.6 Å². The van der Waals surface area contributed by atoms with Gasteiger partial charge in [0.05, 0.1) is 0 Å². The molecule has 0 unspecified atom stereocenters. The molecule has 0 aliphatic heterocycles. The molecule has 190 valence electrons. The number of allylic oxidation sites excluding steroid dienone is 8. The van der Waals surface area contributed by atoms with Gasteiger partial charge in [-0.3, -0.25) is 0 Å². The van der Waals surface area contributed by atoms with Crippen LogP contribution in [0, 0.1) is 31.1 Å². The van der Waals surface area contributed by atoms with Crippen molar-refractivity contribution in [1.82, 2.24) is 0 Å². The first kappa shape index (κ1) is 33.8. The van der Waals surface area contributed by atoms with Gasteiger partial charge in [0.15, 0.2) is 0 Å². The van der Waals surface area contributed by atoms with Gasteiger partial charge in [-0.15, -0.1) is 0 Å². The van der Waals surface area contributed by atoms with Crippen molar-refractivity contribution < 1.29 is 26.4 Å². The van der Waals surface area contributed by atoms with Crippen LogP contribution in [-0.2, 0) is 26.4 Å². The largest absolute Gasteiger partial charge is 0 e. The molecule has 3 atom stereocenters. The van der Waals surface area contributed by atoms with Gasteiger partial charge >= 0.3 is 22.6 Å². The fraction of sp³-hybridized carbons (Fsp3) is 0.312. The van der Waals surface area contributed by atoms with Gasteiger partial charge in [0.2, 0.25) is 0 Å². The molecular formula is C32H37FeO2P. The second kappa shape index (κ2) is 21.0. The Bertz CT molecular complexity index is 873. The van der Waals surface area contributed by atoms with Crippen LogP contribution in [0.5, 0.6) is 0 Å². The predicted octanol–water partition coefficient (Wildman–Crippen LogP) is 7.73. The van der Waals surface area contributed by atoms with Crippen molar-refractivity contribution in [1.29, 1.82) is 0 Å². The Hall–Kier alpha value is -2.17. The molecule has 2 aromatic carbocycles. The van der Waals surface area contributed by atoms with E-state index in [2.05, 4.69) is 94.7 Å². The van der Waals surface area contributed by atoms with E-state index in [-0.39, 0.29) is 25.0 Å². The fourth-order valence-corrected chi connectivity index (χ4v) is 8.17. The summed E-state index contributed by atoms with van der Waals surface area (Å²) in [7, 11) is -0.267. The van der Waals surface area contributed by atoms with Gasteiger partial charge in [-0.1, -0.05) is 136 Å². The fourth-order valence-electron chi connectivity index (χ4n) is 4.67. The minimum Gasteiger partial charge on any atom is 0 e. The van der Waals surface area contributed by atoms with Crippen molar-refractivity contribution in [2.24, 2.45) is 17.8 Å². The predicted molar refractivity (Wildman–Crippen MR) is 149 cm³/mol. The van der Waals surface area contributed by atoms with Gasteiger partial charge < -0.3 is 0 Å². The van der Waals surface area contributed by atoms with Gasteiger partial charge in [0.25, 0.3) is 0 Å². The maximum atomic E-state index is 7.50. The Morgan fingerprint density at radius 1 is 0.667 bits per heavy atom. The van der Waals surface area contributed by atoms with Gasteiger partial charge in [-0.05, 0) is 54.8 Å². The molecule has 2 nitrogen and oxygen atoms in total. The Morgan fingerprint density at radius 2 is 1.03 bits per heavy atom. The van der Waals surface area contributed by atoms with Crippen LogP contribution in [0.2, 0.25) is 0 Å². The maximum Gasteiger partial charge on any atom is 0 e. The van der Waals surface area contributed by atoms with Crippen LogP contribution in [0.25, 0.3) is 0 Å². The molecule has 1 fully saturated rings. The molecular weight excluding hydrogens is 503 g/mol. The molecule has 0 N–H and O–H groups in total. The van der Waals surface area contributed by atoms with Gasteiger partial charge in [-0.2, -0.15) is 0 Å². The number of benzene rings is 2. The first-order chi connectivity index (χ1) is 17.2. The van der Waals surface area contributed by atoms with E-state index in [1.54, 1.807) is 10.6 Å². The molecule has 0 amide bonds. The molecule has 4 heteroatoms. The zero-order valence-corrected chi connectivity index (χ0v) is 23.4. The monoisotopic (exact) mass is 540 g/mol. The molecule has 0 radical (unpaired) electrons. The summed E-state index contributed by atoms with van der Waals surface area (Å²) in [5, 5.41) is 3.11. The number of hydrogen-bond acceptors (Lipinski definition) is 0. The third-order valence-corrected chi connectivity index (χ3v) is 9.24. The summed E-state index contributed by atoms with van der Waals surface area (Å²) in [5.74, 6) is 2.51. The van der Waals surface area contributed by atoms with Crippen LogP contribution < -0.4 is 10.6 Å². The van der Waals surface area contributed by atoms with E-state index >= 15 is 0 Å².